The molecule has 4 nitrogen and oxygen atoms in total. The average molecular weight is 342 g/mol. The van der Waals surface area contributed by atoms with Gasteiger partial charge in [0.1, 0.15) is 16.4 Å². The molecule has 0 aliphatic carbocycles. The van der Waals surface area contributed by atoms with Crippen LogP contribution in [0.3, 0.4) is 0 Å². The van der Waals surface area contributed by atoms with E-state index in [0.717, 1.165) is 34.6 Å². The van der Waals surface area contributed by atoms with Gasteiger partial charge in [-0.2, -0.15) is 0 Å². The molecule has 3 aromatic rings. The Bertz CT molecular complexity index is 894. The minimum Gasteiger partial charge on any atom is -0.494 e. The lowest BCUT2D eigenvalue weighted by Crippen LogP contribution is -2.24. The highest BCUT2D eigenvalue weighted by atomic mass is 32.1. The number of hydrogen-bond acceptors (Lipinski definition) is 4. The quantitative estimate of drug-likeness (QED) is 0.633. The van der Waals surface area contributed by atoms with Crippen molar-refractivity contribution >= 4 is 21.6 Å². The first-order valence-corrected chi connectivity index (χ1v) is 9.09. The second-order valence-corrected chi connectivity index (χ2v) is 7.03. The zero-order valence-electron chi connectivity index (χ0n) is 14.3. The van der Waals surface area contributed by atoms with Crippen LogP contribution in [-0.2, 0) is 13.0 Å². The lowest BCUT2D eigenvalue weighted by Gasteiger charge is -2.10. The lowest BCUT2D eigenvalue weighted by molar-refractivity contribution is 0.300. The van der Waals surface area contributed by atoms with Gasteiger partial charge in [0.05, 0.1) is 12.0 Å². The molecule has 0 amide bonds. The Labute approximate surface area is 145 Å². The molecule has 2 aromatic heterocycles. The van der Waals surface area contributed by atoms with Gasteiger partial charge in [0.15, 0.2) is 0 Å². The van der Waals surface area contributed by atoms with Crippen molar-refractivity contribution in [2.45, 2.75) is 40.2 Å². The first kappa shape index (κ1) is 16.7. The molecule has 0 saturated heterocycles. The number of nitrogens with zero attached hydrogens (tertiary/aromatic N) is 2. The number of rotatable bonds is 6. The van der Waals surface area contributed by atoms with Crippen molar-refractivity contribution in [1.82, 2.24) is 9.55 Å². The van der Waals surface area contributed by atoms with Gasteiger partial charge in [-0.15, -0.1) is 11.3 Å². The molecule has 0 bridgehead atoms. The molecule has 1 aromatic carbocycles. The summed E-state index contributed by atoms with van der Waals surface area (Å²) in [4.78, 5) is 19.3. The van der Waals surface area contributed by atoms with E-state index in [9.17, 15) is 4.79 Å². The fraction of sp³-hybridized carbons (Fsp3) is 0.368. The van der Waals surface area contributed by atoms with Gasteiger partial charge in [-0.3, -0.25) is 9.36 Å². The Morgan fingerprint density at radius 1 is 1.21 bits per heavy atom. The van der Waals surface area contributed by atoms with Gasteiger partial charge in [-0.1, -0.05) is 24.6 Å². The summed E-state index contributed by atoms with van der Waals surface area (Å²) in [5.41, 5.74) is 1.27. The van der Waals surface area contributed by atoms with E-state index in [2.05, 4.69) is 18.8 Å². The molecule has 0 N–H and O–H groups in total. The summed E-state index contributed by atoms with van der Waals surface area (Å²) in [6.07, 6.45) is 1.70. The van der Waals surface area contributed by atoms with E-state index >= 15 is 0 Å². The van der Waals surface area contributed by atoms with Crippen molar-refractivity contribution in [2.75, 3.05) is 6.61 Å². The summed E-state index contributed by atoms with van der Waals surface area (Å²) in [6.45, 7) is 7.25. The predicted molar refractivity (Wildman–Crippen MR) is 99.3 cm³/mol. The van der Waals surface area contributed by atoms with E-state index in [1.54, 1.807) is 15.9 Å². The van der Waals surface area contributed by atoms with E-state index < -0.39 is 0 Å². The van der Waals surface area contributed by atoms with E-state index in [4.69, 9.17) is 4.74 Å². The van der Waals surface area contributed by atoms with E-state index in [1.165, 1.54) is 10.4 Å². The van der Waals surface area contributed by atoms with Crippen LogP contribution in [0.4, 0.5) is 0 Å². The van der Waals surface area contributed by atoms with Crippen LogP contribution in [0.5, 0.6) is 5.75 Å². The smallest absolute Gasteiger partial charge is 0.262 e. The highest BCUT2D eigenvalue weighted by Crippen LogP contribution is 2.22. The fourth-order valence-electron chi connectivity index (χ4n) is 2.65. The SMILES string of the molecule is CCc1cc2c(=O)n(CCCOc3ccc(C)cc3)c(C)nc2s1. The first-order valence-electron chi connectivity index (χ1n) is 8.28. The summed E-state index contributed by atoms with van der Waals surface area (Å²) in [5, 5.41) is 0.738. The Balaban J connectivity index is 1.68. The Hall–Kier alpha value is -2.14. The molecule has 5 heteroatoms. The maximum atomic E-state index is 12.7. The zero-order valence-corrected chi connectivity index (χ0v) is 15.2. The normalized spacial score (nSPS) is 11.1. The van der Waals surface area contributed by atoms with Crippen LogP contribution < -0.4 is 10.3 Å². The van der Waals surface area contributed by atoms with Crippen LogP contribution in [0.2, 0.25) is 0 Å². The first-order chi connectivity index (χ1) is 11.6. The van der Waals surface area contributed by atoms with E-state index in [1.807, 2.05) is 37.3 Å². The van der Waals surface area contributed by atoms with Gasteiger partial charge in [0.25, 0.3) is 5.56 Å². The minimum atomic E-state index is 0.0591. The molecular weight excluding hydrogens is 320 g/mol. The third kappa shape index (κ3) is 3.51. The number of benzene rings is 1. The Morgan fingerprint density at radius 3 is 2.67 bits per heavy atom. The highest BCUT2D eigenvalue weighted by Gasteiger charge is 2.11. The number of aromatic nitrogens is 2. The van der Waals surface area contributed by atoms with Crippen molar-refractivity contribution in [3.63, 3.8) is 0 Å². The molecule has 0 fully saturated rings. The van der Waals surface area contributed by atoms with Gasteiger partial charge in [0, 0.05) is 11.4 Å². The standard InChI is InChI=1S/C19H22N2O2S/c1-4-16-12-17-18(24-16)20-14(3)21(19(17)22)10-5-11-23-15-8-6-13(2)7-9-15/h6-9,12H,4-5,10-11H2,1-3H3. The summed E-state index contributed by atoms with van der Waals surface area (Å²) in [6, 6.07) is 9.98. The second kappa shape index (κ2) is 7.18. The number of aryl methyl sites for hydroxylation is 3. The highest BCUT2D eigenvalue weighted by molar-refractivity contribution is 7.18. The monoisotopic (exact) mass is 342 g/mol. The lowest BCUT2D eigenvalue weighted by atomic mass is 10.2. The van der Waals surface area contributed by atoms with Crippen molar-refractivity contribution in [3.05, 3.63) is 57.0 Å². The molecule has 3 rings (SSSR count). The van der Waals surface area contributed by atoms with E-state index in [-0.39, 0.29) is 5.56 Å². The van der Waals surface area contributed by atoms with Crippen molar-refractivity contribution < 1.29 is 4.74 Å². The van der Waals surface area contributed by atoms with Gasteiger partial charge in [0.2, 0.25) is 0 Å². The van der Waals surface area contributed by atoms with Crippen molar-refractivity contribution in [2.24, 2.45) is 0 Å². The molecule has 0 unspecified atom stereocenters. The predicted octanol–water partition coefficient (Wildman–Crippen LogP) is 4.11. The molecule has 0 atom stereocenters. The topological polar surface area (TPSA) is 44.1 Å². The Morgan fingerprint density at radius 2 is 1.96 bits per heavy atom. The van der Waals surface area contributed by atoms with Crippen LogP contribution in [-0.4, -0.2) is 16.2 Å². The van der Waals surface area contributed by atoms with Crippen LogP contribution in [0, 0.1) is 13.8 Å². The summed E-state index contributed by atoms with van der Waals surface area (Å²) >= 11 is 1.61. The Kier molecular flexibility index (Phi) is 5.00. The molecule has 2 heterocycles. The molecule has 0 aliphatic rings. The molecule has 24 heavy (non-hydrogen) atoms. The molecule has 0 spiro atoms. The largest absolute Gasteiger partial charge is 0.494 e. The summed E-state index contributed by atoms with van der Waals surface area (Å²) < 4.78 is 7.49. The zero-order chi connectivity index (χ0) is 17.1. The van der Waals surface area contributed by atoms with Gasteiger partial charge < -0.3 is 4.74 Å². The second-order valence-electron chi connectivity index (χ2n) is 5.92. The number of hydrogen-bond donors (Lipinski definition) is 0. The number of thiophene rings is 1. The summed E-state index contributed by atoms with van der Waals surface area (Å²) in [7, 11) is 0. The maximum absolute atomic E-state index is 12.7. The summed E-state index contributed by atoms with van der Waals surface area (Å²) in [5.74, 6) is 1.64. The molecule has 0 saturated carbocycles. The number of fused-ring (bicyclic) bond motifs is 1. The van der Waals surface area contributed by atoms with Crippen LogP contribution in [0.15, 0.2) is 35.1 Å². The van der Waals surface area contributed by atoms with Crippen LogP contribution >= 0.6 is 11.3 Å². The average Bonchev–Trinajstić information content (AvgIpc) is 2.99. The van der Waals surface area contributed by atoms with Gasteiger partial charge in [-0.05, 0) is 44.9 Å². The molecular formula is C19H22N2O2S. The maximum Gasteiger partial charge on any atom is 0.262 e. The van der Waals surface area contributed by atoms with Crippen LogP contribution in [0.25, 0.3) is 10.2 Å². The van der Waals surface area contributed by atoms with Crippen molar-refractivity contribution in [1.29, 1.82) is 0 Å². The van der Waals surface area contributed by atoms with Gasteiger partial charge >= 0.3 is 0 Å². The van der Waals surface area contributed by atoms with E-state index in [0.29, 0.717) is 13.2 Å². The van der Waals surface area contributed by atoms with Crippen molar-refractivity contribution in [3.8, 4) is 5.75 Å². The molecule has 0 aliphatic heterocycles. The molecule has 126 valence electrons. The fourth-order valence-corrected chi connectivity index (χ4v) is 3.66. The third-order valence-electron chi connectivity index (χ3n) is 4.06. The molecule has 0 radical (unpaired) electrons. The van der Waals surface area contributed by atoms with Crippen LogP contribution in [0.1, 0.15) is 29.6 Å². The number of ether oxygens (including phenoxy) is 1. The minimum absolute atomic E-state index is 0.0591. The third-order valence-corrected chi connectivity index (χ3v) is 5.23. The van der Waals surface area contributed by atoms with Gasteiger partial charge in [-0.25, -0.2) is 4.98 Å².